The number of nitrogens with one attached hydrogen (secondary N) is 1. The van der Waals surface area contributed by atoms with Gasteiger partial charge in [0, 0.05) is 29.3 Å². The molecule has 2 aliphatic rings. The first kappa shape index (κ1) is 24.3. The molecule has 5 rings (SSSR count). The van der Waals surface area contributed by atoms with Crippen molar-refractivity contribution in [3.05, 3.63) is 101 Å². The zero-order valence-corrected chi connectivity index (χ0v) is 21.1. The number of hydrogen-bond donors (Lipinski definition) is 1. The number of amidine groups is 2. The molecule has 0 radical (unpaired) electrons. The predicted molar refractivity (Wildman–Crippen MR) is 146 cm³/mol. The molecule has 1 N–H and O–H groups in total. The standard InChI is InChI=1S/C28H25ClN4O2S/c29-22-12-6-4-10-20(22)18-36-28-31-23-13-7-5-11-21(23)26-32-27(35)24(33(26)28)14-15-25(34)30-17-16-19-8-2-1-3-9-19/h1-13,24H,14-18H2,(H,30,34). The topological polar surface area (TPSA) is 74.1 Å². The summed E-state index contributed by atoms with van der Waals surface area (Å²) in [5, 5.41) is 4.34. The van der Waals surface area contributed by atoms with Gasteiger partial charge in [-0.1, -0.05) is 84.0 Å². The van der Waals surface area contributed by atoms with Crippen LogP contribution < -0.4 is 5.32 Å². The quantitative estimate of drug-likeness (QED) is 0.436. The lowest BCUT2D eigenvalue weighted by Gasteiger charge is -2.31. The maximum Gasteiger partial charge on any atom is 0.270 e. The molecule has 3 aromatic rings. The van der Waals surface area contributed by atoms with Crippen LogP contribution in [0.4, 0.5) is 5.69 Å². The second-order valence-electron chi connectivity index (χ2n) is 8.58. The smallest absolute Gasteiger partial charge is 0.270 e. The molecule has 0 bridgehead atoms. The van der Waals surface area contributed by atoms with Gasteiger partial charge in [-0.2, -0.15) is 4.99 Å². The normalized spacial score (nSPS) is 16.2. The average Bonchev–Trinajstić information content (AvgIpc) is 3.23. The Hall–Kier alpha value is -3.42. The molecule has 0 fully saturated rings. The Morgan fingerprint density at radius 3 is 2.56 bits per heavy atom. The van der Waals surface area contributed by atoms with Crippen molar-refractivity contribution in [2.75, 3.05) is 6.54 Å². The first-order valence-electron chi connectivity index (χ1n) is 11.9. The average molecular weight is 517 g/mol. The Bertz CT molecular complexity index is 1340. The minimum absolute atomic E-state index is 0.0770. The number of nitrogens with zero attached hydrogens (tertiary/aromatic N) is 3. The SMILES string of the molecule is O=C(CCC1C(=O)N=C2c3ccccc3N=C(SCc3ccccc3Cl)N21)NCCc1ccccc1. The number of para-hydroxylation sites is 1. The van der Waals surface area contributed by atoms with Crippen LogP contribution in [-0.4, -0.2) is 40.3 Å². The summed E-state index contributed by atoms with van der Waals surface area (Å²) >= 11 is 7.88. The fraction of sp³-hybridized carbons (Fsp3) is 0.214. The third kappa shape index (κ3) is 5.37. The number of halogens is 1. The van der Waals surface area contributed by atoms with Gasteiger partial charge < -0.3 is 5.32 Å². The van der Waals surface area contributed by atoms with Gasteiger partial charge in [-0.15, -0.1) is 0 Å². The number of hydrogen-bond acceptors (Lipinski definition) is 5. The van der Waals surface area contributed by atoms with Crippen LogP contribution in [0.1, 0.15) is 29.5 Å². The highest BCUT2D eigenvalue weighted by atomic mass is 35.5. The lowest BCUT2D eigenvalue weighted by Crippen LogP contribution is -2.44. The number of rotatable bonds is 8. The van der Waals surface area contributed by atoms with Gasteiger partial charge in [-0.3, -0.25) is 14.5 Å². The lowest BCUT2D eigenvalue weighted by molar-refractivity contribution is -0.122. The van der Waals surface area contributed by atoms with E-state index >= 15 is 0 Å². The Morgan fingerprint density at radius 2 is 1.72 bits per heavy atom. The molecular formula is C28H25ClN4O2S. The highest BCUT2D eigenvalue weighted by Gasteiger charge is 2.41. The van der Waals surface area contributed by atoms with E-state index in [-0.39, 0.29) is 18.2 Å². The van der Waals surface area contributed by atoms with Gasteiger partial charge in [-0.05, 0) is 42.2 Å². The molecule has 0 saturated heterocycles. The fourth-order valence-electron chi connectivity index (χ4n) is 4.28. The predicted octanol–water partition coefficient (Wildman–Crippen LogP) is 5.37. The van der Waals surface area contributed by atoms with E-state index in [2.05, 4.69) is 10.3 Å². The summed E-state index contributed by atoms with van der Waals surface area (Å²) in [7, 11) is 0. The second kappa shape index (κ2) is 11.1. The third-order valence-corrected chi connectivity index (χ3v) is 7.52. The molecule has 2 amide bonds. The molecular weight excluding hydrogens is 492 g/mol. The number of carbonyl (C=O) groups is 2. The van der Waals surface area contributed by atoms with E-state index in [0.29, 0.717) is 34.7 Å². The lowest BCUT2D eigenvalue weighted by atomic mass is 10.1. The van der Waals surface area contributed by atoms with Crippen molar-refractivity contribution in [3.8, 4) is 0 Å². The van der Waals surface area contributed by atoms with E-state index < -0.39 is 6.04 Å². The van der Waals surface area contributed by atoms with Crippen molar-refractivity contribution >= 4 is 51.9 Å². The van der Waals surface area contributed by atoms with E-state index in [1.807, 2.05) is 83.8 Å². The maximum absolute atomic E-state index is 13.0. The third-order valence-electron chi connectivity index (χ3n) is 6.15. The van der Waals surface area contributed by atoms with Gasteiger partial charge in [0.1, 0.15) is 11.9 Å². The van der Waals surface area contributed by atoms with Crippen LogP contribution in [0.15, 0.2) is 88.8 Å². The van der Waals surface area contributed by atoms with Gasteiger partial charge in [0.05, 0.1) is 5.69 Å². The summed E-state index contributed by atoms with van der Waals surface area (Å²) in [6, 6.07) is 24.8. The molecule has 8 heteroatoms. The van der Waals surface area contributed by atoms with Crippen molar-refractivity contribution in [2.24, 2.45) is 9.98 Å². The van der Waals surface area contributed by atoms with Gasteiger partial charge in [0.15, 0.2) is 5.17 Å². The second-order valence-corrected chi connectivity index (χ2v) is 9.92. The number of aliphatic imine (C=N–C) groups is 2. The largest absolute Gasteiger partial charge is 0.356 e. The summed E-state index contributed by atoms with van der Waals surface area (Å²) < 4.78 is 0. The number of carbonyl (C=O) groups excluding carboxylic acids is 2. The van der Waals surface area contributed by atoms with E-state index in [4.69, 9.17) is 16.6 Å². The van der Waals surface area contributed by atoms with Gasteiger partial charge in [0.25, 0.3) is 5.91 Å². The summed E-state index contributed by atoms with van der Waals surface area (Å²) in [5.74, 6) is 0.879. The number of benzene rings is 3. The molecule has 1 atom stereocenters. The molecule has 0 spiro atoms. The molecule has 36 heavy (non-hydrogen) atoms. The summed E-state index contributed by atoms with van der Waals surface area (Å²) in [6.45, 7) is 0.556. The van der Waals surface area contributed by atoms with Crippen LogP contribution in [0.2, 0.25) is 5.02 Å². The summed E-state index contributed by atoms with van der Waals surface area (Å²) in [6.07, 6.45) is 1.35. The first-order chi connectivity index (χ1) is 17.6. The highest BCUT2D eigenvalue weighted by molar-refractivity contribution is 8.13. The molecule has 6 nitrogen and oxygen atoms in total. The molecule has 0 aliphatic carbocycles. The van der Waals surface area contributed by atoms with Crippen LogP contribution >= 0.6 is 23.4 Å². The molecule has 0 aromatic heterocycles. The van der Waals surface area contributed by atoms with E-state index in [1.165, 1.54) is 17.3 Å². The van der Waals surface area contributed by atoms with Crippen LogP contribution in [0.3, 0.4) is 0 Å². The zero-order valence-electron chi connectivity index (χ0n) is 19.6. The highest BCUT2D eigenvalue weighted by Crippen LogP contribution is 2.36. The van der Waals surface area contributed by atoms with Crippen molar-refractivity contribution in [1.82, 2.24) is 10.2 Å². The van der Waals surface area contributed by atoms with E-state index in [9.17, 15) is 9.59 Å². The monoisotopic (exact) mass is 516 g/mol. The first-order valence-corrected chi connectivity index (χ1v) is 13.2. The van der Waals surface area contributed by atoms with Crippen molar-refractivity contribution in [2.45, 2.75) is 31.1 Å². The van der Waals surface area contributed by atoms with Crippen molar-refractivity contribution < 1.29 is 9.59 Å². The zero-order chi connectivity index (χ0) is 24.9. The molecule has 2 heterocycles. The number of fused-ring (bicyclic) bond motifs is 3. The molecule has 0 saturated carbocycles. The summed E-state index contributed by atoms with van der Waals surface area (Å²) in [5.41, 5.74) is 3.76. The Kier molecular flexibility index (Phi) is 7.49. The number of amides is 2. The molecule has 182 valence electrons. The Morgan fingerprint density at radius 1 is 0.972 bits per heavy atom. The fourth-order valence-corrected chi connectivity index (χ4v) is 5.61. The van der Waals surface area contributed by atoms with Gasteiger partial charge in [-0.25, -0.2) is 4.99 Å². The Balaban J connectivity index is 1.28. The molecule has 3 aromatic carbocycles. The van der Waals surface area contributed by atoms with E-state index in [1.54, 1.807) is 0 Å². The molecule has 2 aliphatic heterocycles. The Labute approximate surface area is 219 Å². The van der Waals surface area contributed by atoms with Gasteiger partial charge >= 0.3 is 0 Å². The van der Waals surface area contributed by atoms with Crippen molar-refractivity contribution in [1.29, 1.82) is 0 Å². The van der Waals surface area contributed by atoms with Crippen LogP contribution in [0.25, 0.3) is 0 Å². The van der Waals surface area contributed by atoms with Crippen LogP contribution in [0.5, 0.6) is 0 Å². The van der Waals surface area contributed by atoms with E-state index in [0.717, 1.165) is 23.2 Å². The van der Waals surface area contributed by atoms with Crippen LogP contribution in [0, 0.1) is 0 Å². The van der Waals surface area contributed by atoms with Gasteiger partial charge in [0.2, 0.25) is 5.91 Å². The van der Waals surface area contributed by atoms with Crippen molar-refractivity contribution in [3.63, 3.8) is 0 Å². The van der Waals surface area contributed by atoms with Crippen LogP contribution in [-0.2, 0) is 21.8 Å². The maximum atomic E-state index is 13.0. The minimum Gasteiger partial charge on any atom is -0.356 e. The molecule has 1 unspecified atom stereocenters. The minimum atomic E-state index is -0.564. The number of thioether (sulfide) groups is 1. The summed E-state index contributed by atoms with van der Waals surface area (Å²) in [4.78, 5) is 36.7.